The Morgan fingerprint density at radius 2 is 1.76 bits per heavy atom. The summed E-state index contributed by atoms with van der Waals surface area (Å²) in [6, 6.07) is 11.9. The predicted molar refractivity (Wildman–Crippen MR) is 138 cm³/mol. The number of hydrogen-bond donors (Lipinski definition) is 1. The van der Waals surface area contributed by atoms with Gasteiger partial charge in [0.05, 0.1) is 16.3 Å². The SMILES string of the molecule is Cc1c(C(=O)N2CCN(c3ccccc3F)CC2)oc2c1/C(=N/NC(=O)c1ccc([N+](=O)[O-])cc1)CCC2. The fraction of sp³-hybridized carbons (Fsp3) is 0.296. The van der Waals surface area contributed by atoms with Gasteiger partial charge in [0.15, 0.2) is 5.76 Å². The molecular weight excluding hydrogens is 493 g/mol. The van der Waals surface area contributed by atoms with Crippen LogP contribution in [0.15, 0.2) is 58.0 Å². The highest BCUT2D eigenvalue weighted by Gasteiger charge is 2.32. The van der Waals surface area contributed by atoms with Crippen molar-refractivity contribution in [3.05, 3.63) is 92.7 Å². The number of non-ortho nitro benzene ring substituents is 1. The van der Waals surface area contributed by atoms with Crippen molar-refractivity contribution in [1.82, 2.24) is 10.3 Å². The van der Waals surface area contributed by atoms with E-state index < -0.39 is 10.8 Å². The monoisotopic (exact) mass is 519 g/mol. The van der Waals surface area contributed by atoms with Crippen LogP contribution in [-0.4, -0.2) is 53.5 Å². The number of nitrogens with one attached hydrogen (secondary N) is 1. The van der Waals surface area contributed by atoms with E-state index in [4.69, 9.17) is 4.42 Å². The van der Waals surface area contributed by atoms with Crippen molar-refractivity contribution in [1.29, 1.82) is 0 Å². The van der Waals surface area contributed by atoms with Gasteiger partial charge >= 0.3 is 0 Å². The summed E-state index contributed by atoms with van der Waals surface area (Å²) >= 11 is 0. The van der Waals surface area contributed by atoms with Gasteiger partial charge in [0.2, 0.25) is 0 Å². The molecule has 1 aliphatic heterocycles. The van der Waals surface area contributed by atoms with Gasteiger partial charge in [-0.3, -0.25) is 19.7 Å². The maximum atomic E-state index is 14.2. The topological polar surface area (TPSA) is 121 Å². The highest BCUT2D eigenvalue weighted by Crippen LogP contribution is 2.31. The third-order valence-corrected chi connectivity index (χ3v) is 6.91. The van der Waals surface area contributed by atoms with E-state index in [2.05, 4.69) is 10.5 Å². The molecule has 1 fully saturated rings. The number of carbonyl (C=O) groups excluding carboxylic acids is 2. The maximum absolute atomic E-state index is 14.2. The molecule has 3 aromatic rings. The van der Waals surface area contributed by atoms with Gasteiger partial charge < -0.3 is 14.2 Å². The lowest BCUT2D eigenvalue weighted by Crippen LogP contribution is -2.49. The van der Waals surface area contributed by atoms with Crippen LogP contribution in [0.3, 0.4) is 0 Å². The Bertz CT molecular complexity index is 1420. The number of nitro benzene ring substituents is 1. The summed E-state index contributed by atoms with van der Waals surface area (Å²) in [4.78, 5) is 39.8. The Morgan fingerprint density at radius 1 is 1.05 bits per heavy atom. The minimum absolute atomic E-state index is 0.107. The quantitative estimate of drug-likeness (QED) is 0.401. The number of carbonyl (C=O) groups is 2. The van der Waals surface area contributed by atoms with Crippen molar-refractivity contribution in [2.24, 2.45) is 5.10 Å². The van der Waals surface area contributed by atoms with Crippen LogP contribution < -0.4 is 10.3 Å². The van der Waals surface area contributed by atoms with E-state index in [1.54, 1.807) is 23.1 Å². The molecule has 0 unspecified atom stereocenters. The molecule has 1 saturated heterocycles. The summed E-state index contributed by atoms with van der Waals surface area (Å²) in [7, 11) is 0. The molecule has 0 radical (unpaired) electrons. The van der Waals surface area contributed by atoms with E-state index in [1.807, 2.05) is 11.8 Å². The maximum Gasteiger partial charge on any atom is 0.289 e. The Kier molecular flexibility index (Phi) is 6.91. The van der Waals surface area contributed by atoms with Gasteiger partial charge in [-0.2, -0.15) is 5.10 Å². The number of anilines is 1. The third-order valence-electron chi connectivity index (χ3n) is 6.91. The van der Waals surface area contributed by atoms with Gasteiger partial charge in [-0.25, -0.2) is 9.82 Å². The van der Waals surface area contributed by atoms with Gasteiger partial charge in [-0.05, 0) is 44.0 Å². The second-order valence-electron chi connectivity index (χ2n) is 9.24. The van der Waals surface area contributed by atoms with E-state index in [0.29, 0.717) is 61.7 Å². The molecule has 10 nitrogen and oxygen atoms in total. The third kappa shape index (κ3) is 4.86. The van der Waals surface area contributed by atoms with Gasteiger partial charge in [0, 0.05) is 61.4 Å². The molecule has 2 aliphatic rings. The first-order valence-corrected chi connectivity index (χ1v) is 12.4. The standard InChI is InChI=1S/C27H26FN5O5/c1-17-24-21(29-30-26(34)18-9-11-19(12-10-18)33(36)37)6-4-8-23(24)38-25(17)27(35)32-15-13-31(14-16-32)22-7-3-2-5-20(22)28/h2-3,5,7,9-12H,4,6,8,13-16H2,1H3,(H,30,34)/b29-21+. The number of nitro groups is 1. The van der Waals surface area contributed by atoms with Crippen LogP contribution in [0, 0.1) is 22.9 Å². The van der Waals surface area contributed by atoms with E-state index >= 15 is 0 Å². The van der Waals surface area contributed by atoms with Crippen molar-refractivity contribution in [2.45, 2.75) is 26.2 Å². The summed E-state index contributed by atoms with van der Waals surface area (Å²) in [6.45, 7) is 3.69. The fourth-order valence-electron chi connectivity index (χ4n) is 4.90. The lowest BCUT2D eigenvalue weighted by atomic mass is 9.93. The number of halogens is 1. The first-order valence-electron chi connectivity index (χ1n) is 12.4. The smallest absolute Gasteiger partial charge is 0.289 e. The van der Waals surface area contributed by atoms with Gasteiger partial charge in [-0.15, -0.1) is 0 Å². The Morgan fingerprint density at radius 3 is 2.45 bits per heavy atom. The normalized spacial score (nSPS) is 16.3. The summed E-state index contributed by atoms with van der Waals surface area (Å²) in [5, 5.41) is 15.1. The number of para-hydroxylation sites is 1. The van der Waals surface area contributed by atoms with Crippen molar-refractivity contribution in [2.75, 3.05) is 31.1 Å². The van der Waals surface area contributed by atoms with Crippen LogP contribution in [0.5, 0.6) is 0 Å². The highest BCUT2D eigenvalue weighted by molar-refractivity contribution is 6.07. The minimum Gasteiger partial charge on any atom is -0.455 e. The van der Waals surface area contributed by atoms with Crippen LogP contribution in [0.1, 0.15) is 50.6 Å². The number of piperazine rings is 1. The largest absolute Gasteiger partial charge is 0.455 e. The number of fused-ring (bicyclic) bond motifs is 1. The van der Waals surface area contributed by atoms with E-state index in [1.165, 1.54) is 30.3 Å². The molecule has 2 heterocycles. The number of aryl methyl sites for hydroxylation is 1. The molecule has 5 rings (SSSR count). The Hall–Kier alpha value is -4.54. The molecule has 2 amide bonds. The zero-order valence-corrected chi connectivity index (χ0v) is 20.8. The number of furan rings is 1. The highest BCUT2D eigenvalue weighted by atomic mass is 19.1. The number of hydrazone groups is 1. The first kappa shape index (κ1) is 25.1. The molecule has 2 aromatic carbocycles. The molecule has 196 valence electrons. The second-order valence-corrected chi connectivity index (χ2v) is 9.24. The van der Waals surface area contributed by atoms with E-state index in [9.17, 15) is 24.1 Å². The molecular formula is C27H26FN5O5. The lowest BCUT2D eigenvalue weighted by molar-refractivity contribution is -0.384. The average Bonchev–Trinajstić information content (AvgIpc) is 3.28. The predicted octanol–water partition coefficient (Wildman–Crippen LogP) is 4.07. The zero-order valence-electron chi connectivity index (χ0n) is 20.8. The van der Waals surface area contributed by atoms with Crippen LogP contribution in [0.4, 0.5) is 15.8 Å². The Labute approximate surface area is 217 Å². The van der Waals surface area contributed by atoms with Crippen LogP contribution in [0.2, 0.25) is 0 Å². The van der Waals surface area contributed by atoms with Crippen LogP contribution in [-0.2, 0) is 6.42 Å². The second kappa shape index (κ2) is 10.4. The lowest BCUT2D eigenvalue weighted by Gasteiger charge is -2.35. The minimum atomic E-state index is -0.533. The number of rotatable bonds is 5. The molecule has 1 aliphatic carbocycles. The Balaban J connectivity index is 1.29. The number of hydrogen-bond acceptors (Lipinski definition) is 7. The molecule has 11 heteroatoms. The average molecular weight is 520 g/mol. The number of amides is 2. The van der Waals surface area contributed by atoms with Crippen molar-refractivity contribution < 1.29 is 23.3 Å². The van der Waals surface area contributed by atoms with E-state index in [0.717, 1.165) is 12.0 Å². The van der Waals surface area contributed by atoms with Gasteiger partial charge in [0.25, 0.3) is 17.5 Å². The molecule has 0 bridgehead atoms. The number of nitrogens with zero attached hydrogens (tertiary/aromatic N) is 4. The molecule has 38 heavy (non-hydrogen) atoms. The summed E-state index contributed by atoms with van der Waals surface area (Å²) in [6.07, 6.45) is 2.00. The van der Waals surface area contributed by atoms with Crippen LogP contribution >= 0.6 is 0 Å². The van der Waals surface area contributed by atoms with Crippen molar-refractivity contribution >= 4 is 28.9 Å². The fourth-order valence-corrected chi connectivity index (χ4v) is 4.90. The molecule has 0 spiro atoms. The molecule has 1 aromatic heterocycles. The zero-order chi connectivity index (χ0) is 26.8. The van der Waals surface area contributed by atoms with Crippen LogP contribution in [0.25, 0.3) is 0 Å². The summed E-state index contributed by atoms with van der Waals surface area (Å²) in [5.74, 6) is -0.0885. The van der Waals surface area contributed by atoms with Crippen molar-refractivity contribution in [3.63, 3.8) is 0 Å². The summed E-state index contributed by atoms with van der Waals surface area (Å²) in [5.41, 5.74) is 5.20. The van der Waals surface area contributed by atoms with Gasteiger partial charge in [0.1, 0.15) is 11.6 Å². The van der Waals surface area contributed by atoms with Gasteiger partial charge in [-0.1, -0.05) is 12.1 Å². The molecule has 0 saturated carbocycles. The van der Waals surface area contributed by atoms with E-state index in [-0.39, 0.29) is 28.7 Å². The molecule has 0 atom stereocenters. The first-order chi connectivity index (χ1) is 18.3. The molecule has 1 N–H and O–H groups in total. The van der Waals surface area contributed by atoms with Crippen molar-refractivity contribution in [3.8, 4) is 0 Å². The number of benzene rings is 2. The summed E-state index contributed by atoms with van der Waals surface area (Å²) < 4.78 is 20.2.